The summed E-state index contributed by atoms with van der Waals surface area (Å²) in [5.74, 6) is -6.72. The molecule has 37 nitrogen and oxygen atoms in total. The molecule has 652 valence electrons. The summed E-state index contributed by atoms with van der Waals surface area (Å²) in [6.07, 6.45) is 1.59. The molecule has 0 spiro atoms. The van der Waals surface area contributed by atoms with E-state index in [1.165, 1.54) is 81.9 Å². The van der Waals surface area contributed by atoms with Gasteiger partial charge in [-0.15, -0.1) is 23.1 Å². The summed E-state index contributed by atoms with van der Waals surface area (Å²) in [4.78, 5) is 153. The Bertz CT molecular complexity index is 5340. The molecule has 0 saturated heterocycles. The van der Waals surface area contributed by atoms with Crippen LogP contribution in [-0.4, -0.2) is 200 Å². The van der Waals surface area contributed by atoms with E-state index in [4.69, 9.17) is 64.8 Å². The zero-order valence-electron chi connectivity index (χ0n) is 67.7. The highest BCUT2D eigenvalue weighted by Gasteiger charge is 2.36. The molecule has 2 aromatic heterocycles. The van der Waals surface area contributed by atoms with Crippen molar-refractivity contribution in [3.05, 3.63) is 130 Å². The minimum atomic E-state index is -1.43. The van der Waals surface area contributed by atoms with Crippen LogP contribution in [0.3, 0.4) is 0 Å². The normalized spacial score (nSPS) is 13.8. The number of nitrogens with zero attached hydrogens (tertiary/aromatic N) is 4. The third-order valence-corrected chi connectivity index (χ3v) is 23.9. The minimum absolute atomic E-state index is 0.0164. The number of hydrogen-bond acceptors (Lipinski definition) is 25. The first-order valence-electron chi connectivity index (χ1n) is 39.5. The molecule has 3 aliphatic rings. The molecule has 6 aromatic rings. The summed E-state index contributed by atoms with van der Waals surface area (Å²) < 4.78 is 12.6. The molecule has 0 radical (unpaired) electrons. The van der Waals surface area contributed by atoms with E-state index in [1.54, 1.807) is 80.6 Å². The van der Waals surface area contributed by atoms with Crippen molar-refractivity contribution in [3.63, 3.8) is 0 Å². The van der Waals surface area contributed by atoms with Crippen LogP contribution in [0.25, 0.3) is 54.5 Å². The number of hydrogen-bond donors (Lipinski definition) is 21. The molecule has 7 atom stereocenters. The summed E-state index contributed by atoms with van der Waals surface area (Å²) in [5.41, 5.74) is 19.7. The number of benzene rings is 5. The number of fused-ring (bicyclic) bond motifs is 4. The van der Waals surface area contributed by atoms with Gasteiger partial charge in [-0.2, -0.15) is 5.26 Å². The zero-order valence-corrected chi connectivity index (χ0v) is 71.8. The number of anilines is 2. The topological polar surface area (TPSA) is 601 Å². The van der Waals surface area contributed by atoms with Gasteiger partial charge < -0.3 is 106 Å². The molecule has 42 heteroatoms. The smallest absolute Gasteiger partial charge is 0.336 e. The Hall–Kier alpha value is -12.6. The first-order valence-corrected chi connectivity index (χ1v) is 44.2. The number of aromatic hydroxyl groups is 1. The quantitative estimate of drug-likeness (QED) is 0.00573. The van der Waals surface area contributed by atoms with Gasteiger partial charge in [-0.05, 0) is 173 Å². The van der Waals surface area contributed by atoms with Gasteiger partial charge >= 0.3 is 5.97 Å². The van der Waals surface area contributed by atoms with Gasteiger partial charge in [-0.3, -0.25) is 64.4 Å². The number of aromatic nitrogens is 2. The van der Waals surface area contributed by atoms with Crippen molar-refractivity contribution in [2.24, 2.45) is 28.1 Å². The third-order valence-electron chi connectivity index (χ3n) is 19.0. The minimum Gasteiger partial charge on any atom is -0.508 e. The second kappa shape index (κ2) is 46.4. The average molecular weight is 1780 g/mol. The van der Waals surface area contributed by atoms with E-state index in [-0.39, 0.29) is 139 Å². The Morgan fingerprint density at radius 2 is 1.23 bits per heavy atom. The van der Waals surface area contributed by atoms with Gasteiger partial charge in [0.1, 0.15) is 86.9 Å². The largest absolute Gasteiger partial charge is 0.508 e. The number of pyridine rings is 1. The van der Waals surface area contributed by atoms with E-state index < -0.39 is 95.5 Å². The molecular weight excluding hydrogens is 1680 g/mol. The Morgan fingerprint density at radius 3 is 1.88 bits per heavy atom. The third kappa shape index (κ3) is 28.5. The SMILES string of the molecule is CCSSC[C@H](NC(=O)[C@H](CCCNC(=N)N)NC(=O)[C@H](CCCNC(=N)N)NC(=O)[C@@H](NC(=O)[C@H](CCCNC(=N)N)NC(C)=O)C(C)C)C(=O)N[C@@H](CCCCNC(=S)Nc1ccc(-c2c3ccc(=O)cc-3oc3cc(O)ccc23)c(C(=O)O)c1)C(=O)Nc1ccc2nc(C3=NC(C(=O)NCCCOc4ccc5nc(C#N)ccc5c4)CS3)sc2c1. The average Bonchev–Trinajstić information content (AvgIpc) is 1.39. The van der Waals surface area contributed by atoms with E-state index in [2.05, 4.69) is 74.1 Å². The fourth-order valence-corrected chi connectivity index (χ4v) is 17.1. The van der Waals surface area contributed by atoms with Gasteiger partial charge in [0, 0.05) is 102 Å². The van der Waals surface area contributed by atoms with Crippen LogP contribution in [0.15, 0.2) is 117 Å². The van der Waals surface area contributed by atoms with Crippen LogP contribution in [0.1, 0.15) is 113 Å². The van der Waals surface area contributed by atoms with Crippen LogP contribution in [-0.2, 0) is 38.4 Å². The predicted molar refractivity (Wildman–Crippen MR) is 482 cm³/mol. The van der Waals surface area contributed by atoms with Gasteiger partial charge in [-0.25, -0.2) is 14.8 Å². The maximum absolute atomic E-state index is 15.1. The molecule has 4 aromatic carbocycles. The highest BCUT2D eigenvalue weighted by molar-refractivity contribution is 8.76. The van der Waals surface area contributed by atoms with Crippen LogP contribution < -0.4 is 96.5 Å². The van der Waals surface area contributed by atoms with E-state index in [0.29, 0.717) is 109 Å². The number of phenols is 1. The molecule has 24 N–H and O–H groups in total. The number of rotatable bonds is 45. The number of guanidine groups is 3. The number of phenolic OH excluding ortho intramolecular Hbond substituents is 1. The number of amides is 8. The van der Waals surface area contributed by atoms with E-state index in [0.717, 1.165) is 5.39 Å². The number of thiazole rings is 1. The summed E-state index contributed by atoms with van der Waals surface area (Å²) in [5, 5.41) is 92.1. The molecule has 9 rings (SSSR count). The lowest BCUT2D eigenvalue weighted by Gasteiger charge is -2.29. The molecule has 1 unspecified atom stereocenters. The molecule has 123 heavy (non-hydrogen) atoms. The summed E-state index contributed by atoms with van der Waals surface area (Å²) in [6.45, 7) is 7.64. The molecule has 1 aliphatic carbocycles. The van der Waals surface area contributed by atoms with E-state index in [1.807, 2.05) is 19.1 Å². The van der Waals surface area contributed by atoms with E-state index in [9.17, 15) is 58.6 Å². The monoisotopic (exact) mass is 1780 g/mol. The fraction of sp³-hybridized carbons (Fsp3) is 0.383. The Labute approximate surface area is 728 Å². The Morgan fingerprint density at radius 1 is 0.634 bits per heavy atom. The number of thioether (sulfide) groups is 1. The number of nitrogens with one attached hydrogen (secondary N) is 16. The molecule has 8 amide bonds. The summed E-state index contributed by atoms with van der Waals surface area (Å²) >= 11 is 8.38. The summed E-state index contributed by atoms with van der Waals surface area (Å²) in [6, 6.07) is 20.5. The lowest BCUT2D eigenvalue weighted by Crippen LogP contribution is -2.60. The second-order valence-corrected chi connectivity index (χ2v) is 34.0. The van der Waals surface area contributed by atoms with Crippen molar-refractivity contribution in [2.75, 3.05) is 67.2 Å². The number of ether oxygens (including phenoxy) is 1. The lowest BCUT2D eigenvalue weighted by molar-refractivity contribution is -0.135. The molecule has 0 fully saturated rings. The second-order valence-electron chi connectivity index (χ2n) is 28.7. The van der Waals surface area contributed by atoms with Gasteiger partial charge in [-0.1, -0.05) is 48.4 Å². The number of carbonyl (C=O) groups excluding carboxylic acids is 8. The van der Waals surface area contributed by atoms with E-state index >= 15 is 4.79 Å². The number of aliphatic imine (C=N–C) groups is 1. The number of unbranched alkanes of at least 4 members (excludes halogenated alkanes) is 1. The van der Waals surface area contributed by atoms with Crippen LogP contribution in [0.5, 0.6) is 11.5 Å². The standard InChI is InChI=1S/C81H99N23O14S5/c1-5-121-122-41-62(101-71(111)59(14-9-30-91-79(85)86)98-70(110)60(15-10-31-92-80(87)88)100-74(114)67(42(2)3)104-72(112)57(94-43(4)105)13-8-29-90-78(83)84)73(113)99-58(12-6-7-28-93-81(119)97-45-18-23-51(54(35-45)77(115)116)66-52-24-20-48(106)37-63(52)118-64-38-49(107)21-25-53(64)66)69(109)96-46-19-26-56-65(36-46)123-76(102-56)75-103-61(40-120-75)68(108)89-32-11-33-117-50-22-27-55-44(34-50)16-17-47(39-82)95-55/h16-27,34-38,42,57-62,67,106H,5-15,28-33,40-41H2,1-4H3,(H,89,108)(H,94,105)(H,96,109)(H,98,110)(H,99,113)(H,100,114)(H,101,111)(H,104,112)(H,115,116)(H4,83,84,90)(H4,85,86,91)(H4,87,88,92)(H2,93,97,119)/t57-,58-,59-,60-,61?,62-,67-/m0/s1. The van der Waals surface area contributed by atoms with Crippen LogP contribution in [0.2, 0.25) is 0 Å². The molecule has 4 heterocycles. The van der Waals surface area contributed by atoms with Crippen molar-refractivity contribution in [1.82, 2.24) is 68.5 Å². The Balaban J connectivity index is 0.910. The number of nitriles is 1. The van der Waals surface area contributed by atoms with Gasteiger partial charge in [0.2, 0.25) is 47.3 Å². The van der Waals surface area contributed by atoms with Crippen molar-refractivity contribution in [2.45, 2.75) is 134 Å². The van der Waals surface area contributed by atoms with Crippen molar-refractivity contribution < 1.29 is 62.5 Å². The predicted octanol–water partition coefficient (Wildman–Crippen LogP) is 5.32. The number of carbonyl (C=O) groups is 9. The van der Waals surface area contributed by atoms with Crippen molar-refractivity contribution in [1.29, 1.82) is 21.5 Å². The van der Waals surface area contributed by atoms with Gasteiger partial charge in [0.25, 0.3) is 0 Å². The maximum Gasteiger partial charge on any atom is 0.336 e. The van der Waals surface area contributed by atoms with Crippen LogP contribution in [0.4, 0.5) is 11.4 Å². The lowest BCUT2D eigenvalue weighted by atomic mass is 9.90. The zero-order chi connectivity index (χ0) is 88.8. The highest BCUT2D eigenvalue weighted by atomic mass is 33.1. The number of aromatic carboxylic acids is 1. The first-order chi connectivity index (χ1) is 58.9. The molecule has 0 saturated carbocycles. The van der Waals surface area contributed by atoms with Crippen LogP contribution in [0, 0.1) is 33.5 Å². The number of carboxylic acids is 1. The van der Waals surface area contributed by atoms with Crippen LogP contribution >= 0.6 is 56.9 Å². The highest BCUT2D eigenvalue weighted by Crippen LogP contribution is 2.43. The maximum atomic E-state index is 15.1. The molecule has 2 aliphatic heterocycles. The van der Waals surface area contributed by atoms with Gasteiger partial charge in [0.05, 0.1) is 27.9 Å². The Kier molecular flexibility index (Phi) is 35.6. The van der Waals surface area contributed by atoms with Crippen molar-refractivity contribution in [3.8, 4) is 40.0 Å². The van der Waals surface area contributed by atoms with Gasteiger partial charge in [0.15, 0.2) is 28.4 Å². The number of thiocarbonyl (C=S) groups is 1. The molecule has 0 bridgehead atoms. The summed E-state index contributed by atoms with van der Waals surface area (Å²) in [7, 11) is 2.64. The first kappa shape index (κ1) is 94.3. The van der Waals surface area contributed by atoms with Crippen molar-refractivity contribution >= 4 is 182 Å². The number of carboxylic acid groups (broad SMARTS) is 1. The molecular formula is C81H99N23O14S5. The number of nitrogens with two attached hydrogens (primary N) is 3. The fourth-order valence-electron chi connectivity index (χ4n) is 13.0.